The first-order valence-electron chi connectivity index (χ1n) is 5.34. The number of aromatic nitrogens is 3. The van der Waals surface area contributed by atoms with Gasteiger partial charge in [0.25, 0.3) is 0 Å². The number of nitrogens with zero attached hydrogens (tertiary/aromatic N) is 3. The van der Waals surface area contributed by atoms with Crippen LogP contribution in [0.5, 0.6) is 0 Å². The zero-order valence-corrected chi connectivity index (χ0v) is 9.71. The number of anilines is 1. The minimum absolute atomic E-state index is 0.147. The van der Waals surface area contributed by atoms with Crippen molar-refractivity contribution in [2.24, 2.45) is 0 Å². The summed E-state index contributed by atoms with van der Waals surface area (Å²) >= 11 is 0. The van der Waals surface area contributed by atoms with E-state index in [0.29, 0.717) is 17.1 Å². The van der Waals surface area contributed by atoms with Crippen molar-refractivity contribution in [3.63, 3.8) is 0 Å². The summed E-state index contributed by atoms with van der Waals surface area (Å²) < 4.78 is 1.57. The molecule has 0 aromatic carbocycles. The molecule has 0 spiro atoms. The number of rotatable bonds is 3. The van der Waals surface area contributed by atoms with Gasteiger partial charge in [0, 0.05) is 17.8 Å². The molecule has 0 fully saturated rings. The lowest BCUT2D eigenvalue weighted by Crippen LogP contribution is -2.07. The Hall–Kier alpha value is -2.11. The van der Waals surface area contributed by atoms with E-state index in [1.807, 2.05) is 19.9 Å². The first kappa shape index (κ1) is 11.4. The van der Waals surface area contributed by atoms with Crippen molar-refractivity contribution in [2.75, 3.05) is 5.73 Å². The number of carbonyl (C=O) groups is 1. The Morgan fingerprint density at radius 2 is 2.29 bits per heavy atom. The van der Waals surface area contributed by atoms with Crippen LogP contribution in [0.3, 0.4) is 0 Å². The largest absolute Gasteiger partial charge is 0.481 e. The van der Waals surface area contributed by atoms with Crippen LogP contribution in [0.4, 0.5) is 5.82 Å². The molecule has 2 aromatic rings. The average molecular weight is 234 g/mol. The van der Waals surface area contributed by atoms with Gasteiger partial charge in [-0.3, -0.25) is 4.79 Å². The summed E-state index contributed by atoms with van der Waals surface area (Å²) in [5.41, 5.74) is 7.73. The fourth-order valence-corrected chi connectivity index (χ4v) is 1.57. The zero-order chi connectivity index (χ0) is 12.6. The first-order chi connectivity index (χ1) is 7.97. The molecular weight excluding hydrogens is 220 g/mol. The van der Waals surface area contributed by atoms with E-state index in [2.05, 4.69) is 10.1 Å². The molecule has 0 aliphatic heterocycles. The smallest absolute Gasteiger partial charge is 0.308 e. The Kier molecular flexibility index (Phi) is 2.71. The van der Waals surface area contributed by atoms with E-state index in [-0.39, 0.29) is 12.2 Å². The zero-order valence-electron chi connectivity index (χ0n) is 9.71. The molecule has 0 aliphatic carbocycles. The predicted molar refractivity (Wildman–Crippen MR) is 62.8 cm³/mol. The van der Waals surface area contributed by atoms with Crippen LogP contribution in [0.25, 0.3) is 5.65 Å². The number of carboxylic acids is 1. The Morgan fingerprint density at radius 1 is 1.59 bits per heavy atom. The van der Waals surface area contributed by atoms with Gasteiger partial charge in [-0.2, -0.15) is 5.10 Å². The van der Waals surface area contributed by atoms with Gasteiger partial charge >= 0.3 is 5.97 Å². The summed E-state index contributed by atoms with van der Waals surface area (Å²) in [6, 6.07) is 1.85. The van der Waals surface area contributed by atoms with E-state index < -0.39 is 5.97 Å². The molecule has 6 heteroatoms. The predicted octanol–water partition coefficient (Wildman–Crippen LogP) is 1.06. The maximum atomic E-state index is 10.7. The van der Waals surface area contributed by atoms with Gasteiger partial charge in [0.1, 0.15) is 5.82 Å². The fraction of sp³-hybridized carbons (Fsp3) is 0.364. The third-order valence-electron chi connectivity index (χ3n) is 2.51. The summed E-state index contributed by atoms with van der Waals surface area (Å²) in [7, 11) is 0. The molecule has 90 valence electrons. The number of aliphatic carboxylic acids is 1. The molecule has 2 heterocycles. The molecule has 2 rings (SSSR count). The highest BCUT2D eigenvalue weighted by Gasteiger charge is 2.11. The van der Waals surface area contributed by atoms with Crippen LogP contribution < -0.4 is 5.73 Å². The van der Waals surface area contributed by atoms with Crippen LogP contribution in [0.15, 0.2) is 12.3 Å². The maximum absolute atomic E-state index is 10.7. The monoisotopic (exact) mass is 234 g/mol. The SMILES string of the molecule is CC(C)c1cc2nc(N)c(CC(=O)O)cn2n1. The van der Waals surface area contributed by atoms with Crippen molar-refractivity contribution < 1.29 is 9.90 Å². The van der Waals surface area contributed by atoms with Crippen LogP contribution in [0, 0.1) is 0 Å². The molecule has 0 saturated carbocycles. The molecule has 6 nitrogen and oxygen atoms in total. The fourth-order valence-electron chi connectivity index (χ4n) is 1.57. The minimum atomic E-state index is -0.936. The molecule has 2 aromatic heterocycles. The lowest BCUT2D eigenvalue weighted by molar-refractivity contribution is -0.136. The van der Waals surface area contributed by atoms with Crippen molar-refractivity contribution in [2.45, 2.75) is 26.2 Å². The Morgan fingerprint density at radius 3 is 2.88 bits per heavy atom. The second-order valence-electron chi connectivity index (χ2n) is 4.25. The van der Waals surface area contributed by atoms with E-state index in [0.717, 1.165) is 5.69 Å². The number of nitrogens with two attached hydrogens (primary N) is 1. The van der Waals surface area contributed by atoms with Crippen LogP contribution in [0.1, 0.15) is 31.0 Å². The van der Waals surface area contributed by atoms with Crippen molar-refractivity contribution in [3.8, 4) is 0 Å². The maximum Gasteiger partial charge on any atom is 0.308 e. The normalized spacial score (nSPS) is 11.2. The third kappa shape index (κ3) is 2.20. The number of carboxylic acid groups (broad SMARTS) is 1. The van der Waals surface area contributed by atoms with Gasteiger partial charge in [-0.25, -0.2) is 9.50 Å². The van der Waals surface area contributed by atoms with Gasteiger partial charge in [0.2, 0.25) is 0 Å². The topological polar surface area (TPSA) is 93.5 Å². The number of nitrogen functional groups attached to an aromatic ring is 1. The Balaban J connectivity index is 2.51. The highest BCUT2D eigenvalue weighted by molar-refractivity contribution is 5.72. The Bertz CT molecular complexity index is 574. The molecule has 0 bridgehead atoms. The van der Waals surface area contributed by atoms with Gasteiger partial charge < -0.3 is 10.8 Å². The van der Waals surface area contributed by atoms with Crippen molar-refractivity contribution in [3.05, 3.63) is 23.5 Å². The number of hydrogen-bond donors (Lipinski definition) is 2. The minimum Gasteiger partial charge on any atom is -0.481 e. The molecule has 17 heavy (non-hydrogen) atoms. The lowest BCUT2D eigenvalue weighted by Gasteiger charge is -2.02. The highest BCUT2D eigenvalue weighted by Crippen LogP contribution is 2.17. The van der Waals surface area contributed by atoms with Crippen molar-refractivity contribution in [1.82, 2.24) is 14.6 Å². The van der Waals surface area contributed by atoms with Gasteiger partial charge in [-0.15, -0.1) is 0 Å². The van der Waals surface area contributed by atoms with Crippen LogP contribution in [-0.2, 0) is 11.2 Å². The standard InChI is InChI=1S/C11H14N4O2/c1-6(2)8-4-9-13-11(12)7(3-10(16)17)5-15(9)14-8/h4-6H,3H2,1-2H3,(H2,12,13)(H,16,17). The van der Waals surface area contributed by atoms with Crippen LogP contribution in [-0.4, -0.2) is 25.7 Å². The van der Waals surface area contributed by atoms with Gasteiger partial charge in [0.15, 0.2) is 5.65 Å². The summed E-state index contributed by atoms with van der Waals surface area (Å²) in [5.74, 6) is -0.398. The summed E-state index contributed by atoms with van der Waals surface area (Å²) in [6.07, 6.45) is 1.48. The molecule has 0 amide bonds. The Labute approximate surface area is 98.1 Å². The van der Waals surface area contributed by atoms with Gasteiger partial charge in [-0.1, -0.05) is 13.8 Å². The summed E-state index contributed by atoms with van der Waals surface area (Å²) in [4.78, 5) is 14.8. The van der Waals surface area contributed by atoms with Gasteiger partial charge in [0.05, 0.1) is 12.1 Å². The summed E-state index contributed by atoms with van der Waals surface area (Å²) in [5, 5.41) is 13.1. The van der Waals surface area contributed by atoms with E-state index >= 15 is 0 Å². The molecular formula is C11H14N4O2. The lowest BCUT2D eigenvalue weighted by atomic mass is 10.1. The molecule has 0 atom stereocenters. The van der Waals surface area contributed by atoms with E-state index in [1.54, 1.807) is 10.7 Å². The third-order valence-corrected chi connectivity index (χ3v) is 2.51. The molecule has 3 N–H and O–H groups in total. The average Bonchev–Trinajstić information content (AvgIpc) is 2.60. The van der Waals surface area contributed by atoms with E-state index in [4.69, 9.17) is 10.8 Å². The van der Waals surface area contributed by atoms with Gasteiger partial charge in [-0.05, 0) is 5.92 Å². The molecule has 0 radical (unpaired) electrons. The van der Waals surface area contributed by atoms with Crippen molar-refractivity contribution in [1.29, 1.82) is 0 Å². The second-order valence-corrected chi connectivity index (χ2v) is 4.25. The number of fused-ring (bicyclic) bond motifs is 1. The quantitative estimate of drug-likeness (QED) is 0.828. The summed E-state index contributed by atoms with van der Waals surface area (Å²) in [6.45, 7) is 4.06. The highest BCUT2D eigenvalue weighted by atomic mass is 16.4. The second kappa shape index (κ2) is 4.04. The number of hydrogen-bond acceptors (Lipinski definition) is 4. The van der Waals surface area contributed by atoms with Crippen molar-refractivity contribution >= 4 is 17.4 Å². The molecule has 0 unspecified atom stereocenters. The first-order valence-corrected chi connectivity index (χ1v) is 5.34. The van der Waals surface area contributed by atoms with Crippen LogP contribution in [0.2, 0.25) is 0 Å². The van der Waals surface area contributed by atoms with Crippen LogP contribution >= 0.6 is 0 Å². The molecule has 0 saturated heterocycles. The molecule has 0 aliphatic rings. The van der Waals surface area contributed by atoms with E-state index in [1.165, 1.54) is 0 Å². The van der Waals surface area contributed by atoms with E-state index in [9.17, 15) is 4.79 Å².